The molecular formula is C23H28N2O7. The van der Waals surface area contributed by atoms with Crippen LogP contribution >= 0.6 is 0 Å². The van der Waals surface area contributed by atoms with Crippen molar-refractivity contribution in [2.75, 3.05) is 33.3 Å². The number of carbonyl (C=O) groups is 3. The monoisotopic (exact) mass is 444 g/mol. The molecule has 0 saturated heterocycles. The largest absolute Gasteiger partial charge is 0.493 e. The number of nitrogens with one attached hydrogen (secondary N) is 2. The number of hydrogen-bond donors (Lipinski definition) is 2. The zero-order valence-electron chi connectivity index (χ0n) is 18.8. The van der Waals surface area contributed by atoms with Crippen molar-refractivity contribution < 1.29 is 33.3 Å². The first kappa shape index (κ1) is 24.5. The summed E-state index contributed by atoms with van der Waals surface area (Å²) in [4.78, 5) is 36.1. The zero-order chi connectivity index (χ0) is 23.7. The first-order chi connectivity index (χ1) is 15.3. The van der Waals surface area contributed by atoms with Crippen LogP contribution in [0.25, 0.3) is 0 Å². The fourth-order valence-electron chi connectivity index (χ4n) is 3.02. The van der Waals surface area contributed by atoms with Gasteiger partial charge in [0, 0.05) is 24.7 Å². The van der Waals surface area contributed by atoms with Crippen LogP contribution in [-0.2, 0) is 19.1 Å². The summed E-state index contributed by atoms with van der Waals surface area (Å²) in [6.45, 7) is 2.83. The summed E-state index contributed by atoms with van der Waals surface area (Å²) in [7, 11) is 4.40. The van der Waals surface area contributed by atoms with Crippen molar-refractivity contribution in [3.63, 3.8) is 0 Å². The average Bonchev–Trinajstić information content (AvgIpc) is 2.76. The van der Waals surface area contributed by atoms with Gasteiger partial charge in [-0.3, -0.25) is 14.4 Å². The van der Waals surface area contributed by atoms with E-state index in [4.69, 9.17) is 18.9 Å². The molecule has 1 atom stereocenters. The van der Waals surface area contributed by atoms with Gasteiger partial charge < -0.3 is 29.6 Å². The molecule has 0 saturated carbocycles. The van der Waals surface area contributed by atoms with Crippen LogP contribution in [0, 0.1) is 6.92 Å². The number of benzene rings is 2. The number of carbonyl (C=O) groups excluding carboxylic acids is 3. The van der Waals surface area contributed by atoms with Crippen molar-refractivity contribution in [3.8, 4) is 17.2 Å². The Kier molecular flexibility index (Phi) is 8.88. The number of methoxy groups -OCH3 is 3. The molecule has 0 radical (unpaired) electrons. The Labute approximate surface area is 187 Å². The molecule has 9 heteroatoms. The summed E-state index contributed by atoms with van der Waals surface area (Å²) >= 11 is 0. The van der Waals surface area contributed by atoms with Crippen molar-refractivity contribution in [1.82, 2.24) is 5.32 Å². The molecule has 0 heterocycles. The van der Waals surface area contributed by atoms with Gasteiger partial charge in [-0.2, -0.15) is 0 Å². The molecule has 2 aromatic rings. The molecule has 2 rings (SSSR count). The van der Waals surface area contributed by atoms with Crippen LogP contribution in [-0.4, -0.2) is 45.7 Å². The highest BCUT2D eigenvalue weighted by atomic mass is 16.5. The van der Waals surface area contributed by atoms with Gasteiger partial charge in [-0.05, 0) is 12.5 Å². The van der Waals surface area contributed by atoms with E-state index in [1.807, 2.05) is 31.2 Å². The normalized spacial score (nSPS) is 11.2. The van der Waals surface area contributed by atoms with Gasteiger partial charge in [-0.1, -0.05) is 29.8 Å². The Hall–Kier alpha value is -3.75. The highest BCUT2D eigenvalue weighted by Gasteiger charge is 2.19. The molecule has 2 N–H and O–H groups in total. The third-order valence-electron chi connectivity index (χ3n) is 4.54. The average molecular weight is 444 g/mol. The number of rotatable bonds is 10. The zero-order valence-corrected chi connectivity index (χ0v) is 18.8. The maximum atomic E-state index is 12.3. The third-order valence-corrected chi connectivity index (χ3v) is 4.54. The number of anilines is 1. The minimum atomic E-state index is -0.621. The third kappa shape index (κ3) is 6.90. The van der Waals surface area contributed by atoms with E-state index in [-0.39, 0.29) is 12.3 Å². The number of esters is 1. The lowest BCUT2D eigenvalue weighted by Gasteiger charge is -2.18. The topological polar surface area (TPSA) is 112 Å². The highest BCUT2D eigenvalue weighted by molar-refractivity contribution is 5.93. The van der Waals surface area contributed by atoms with Gasteiger partial charge in [0.2, 0.25) is 11.7 Å². The molecule has 0 fully saturated rings. The van der Waals surface area contributed by atoms with Gasteiger partial charge in [0.05, 0.1) is 33.8 Å². The van der Waals surface area contributed by atoms with E-state index >= 15 is 0 Å². The second kappa shape index (κ2) is 11.6. The maximum Gasteiger partial charge on any atom is 0.308 e. The van der Waals surface area contributed by atoms with Crippen molar-refractivity contribution >= 4 is 23.5 Å². The van der Waals surface area contributed by atoms with E-state index in [0.29, 0.717) is 22.9 Å². The van der Waals surface area contributed by atoms with Gasteiger partial charge in [-0.15, -0.1) is 0 Å². The van der Waals surface area contributed by atoms with Crippen molar-refractivity contribution in [3.05, 3.63) is 47.5 Å². The first-order valence-corrected chi connectivity index (χ1v) is 9.86. The van der Waals surface area contributed by atoms with Crippen LogP contribution in [0.2, 0.25) is 0 Å². The Morgan fingerprint density at radius 1 is 0.938 bits per heavy atom. The number of aryl methyl sites for hydroxylation is 1. The summed E-state index contributed by atoms with van der Waals surface area (Å²) in [5, 5.41) is 5.35. The molecule has 0 aliphatic rings. The predicted molar refractivity (Wildman–Crippen MR) is 118 cm³/mol. The molecule has 9 nitrogen and oxygen atoms in total. The first-order valence-electron chi connectivity index (χ1n) is 9.86. The number of hydrogen-bond acceptors (Lipinski definition) is 7. The smallest absolute Gasteiger partial charge is 0.308 e. The summed E-state index contributed by atoms with van der Waals surface area (Å²) in [5.41, 5.74) is 2.21. The minimum Gasteiger partial charge on any atom is -0.493 e. The van der Waals surface area contributed by atoms with Crippen molar-refractivity contribution in [1.29, 1.82) is 0 Å². The Morgan fingerprint density at radius 3 is 2.03 bits per heavy atom. The molecule has 172 valence electrons. The van der Waals surface area contributed by atoms with E-state index in [1.165, 1.54) is 28.3 Å². The van der Waals surface area contributed by atoms with Crippen molar-refractivity contribution in [2.45, 2.75) is 26.3 Å². The molecule has 0 bridgehead atoms. The second-order valence-corrected chi connectivity index (χ2v) is 6.99. The predicted octanol–water partition coefficient (Wildman–Crippen LogP) is 2.77. The van der Waals surface area contributed by atoms with E-state index in [1.54, 1.807) is 12.1 Å². The van der Waals surface area contributed by atoms with Gasteiger partial charge in [0.25, 0.3) is 5.91 Å². The van der Waals surface area contributed by atoms with Crippen LogP contribution in [0.4, 0.5) is 5.69 Å². The lowest BCUT2D eigenvalue weighted by molar-refractivity contribution is -0.148. The van der Waals surface area contributed by atoms with E-state index in [2.05, 4.69) is 10.6 Å². The van der Waals surface area contributed by atoms with Gasteiger partial charge in [0.1, 0.15) is 0 Å². The van der Waals surface area contributed by atoms with E-state index < -0.39 is 24.5 Å². The summed E-state index contributed by atoms with van der Waals surface area (Å²) < 4.78 is 20.8. The molecule has 1 unspecified atom stereocenters. The minimum absolute atomic E-state index is 0.111. The van der Waals surface area contributed by atoms with Crippen LogP contribution in [0.1, 0.15) is 30.5 Å². The maximum absolute atomic E-state index is 12.3. The van der Waals surface area contributed by atoms with Gasteiger partial charge in [-0.25, -0.2) is 0 Å². The standard InChI is InChI=1S/C23H28N2O7/c1-14-6-8-16(9-7-14)18(24-15(2)26)12-22(28)32-13-21(27)25-17-10-19(29-3)23(31-5)20(11-17)30-4/h6-11,18H,12-13H2,1-5H3,(H,24,26)(H,25,27). The molecular weight excluding hydrogens is 416 g/mol. The summed E-state index contributed by atoms with van der Waals surface area (Å²) in [5.74, 6) is -0.308. The highest BCUT2D eigenvalue weighted by Crippen LogP contribution is 2.39. The molecule has 32 heavy (non-hydrogen) atoms. The molecule has 2 aromatic carbocycles. The molecule has 0 aliphatic heterocycles. The Bertz CT molecular complexity index is 932. The lowest BCUT2D eigenvalue weighted by atomic mass is 10.0. The SMILES string of the molecule is COc1cc(NC(=O)COC(=O)CC(NC(C)=O)c2ccc(C)cc2)cc(OC)c1OC. The Balaban J connectivity index is 1.98. The number of amides is 2. The Morgan fingerprint density at radius 2 is 1.53 bits per heavy atom. The summed E-state index contributed by atoms with van der Waals surface area (Å²) in [6, 6.07) is 10.0. The van der Waals surface area contributed by atoms with Gasteiger partial charge in [0.15, 0.2) is 18.1 Å². The van der Waals surface area contributed by atoms with E-state index in [0.717, 1.165) is 11.1 Å². The lowest BCUT2D eigenvalue weighted by Crippen LogP contribution is -2.29. The second-order valence-electron chi connectivity index (χ2n) is 6.99. The van der Waals surface area contributed by atoms with E-state index in [9.17, 15) is 14.4 Å². The van der Waals surface area contributed by atoms with Crippen LogP contribution < -0.4 is 24.8 Å². The van der Waals surface area contributed by atoms with Crippen molar-refractivity contribution in [2.24, 2.45) is 0 Å². The molecule has 0 spiro atoms. The molecule has 0 aromatic heterocycles. The van der Waals surface area contributed by atoms with Crippen LogP contribution in [0.5, 0.6) is 17.2 Å². The number of ether oxygens (including phenoxy) is 4. The van der Waals surface area contributed by atoms with Gasteiger partial charge >= 0.3 is 5.97 Å². The summed E-state index contributed by atoms with van der Waals surface area (Å²) in [6.07, 6.45) is -0.111. The van der Waals surface area contributed by atoms with Crippen LogP contribution in [0.3, 0.4) is 0 Å². The quantitative estimate of drug-likeness (QED) is 0.542. The fraction of sp³-hybridized carbons (Fsp3) is 0.348. The molecule has 2 amide bonds. The van der Waals surface area contributed by atoms with Crippen LogP contribution in [0.15, 0.2) is 36.4 Å². The molecule has 0 aliphatic carbocycles. The fourth-order valence-corrected chi connectivity index (χ4v) is 3.02.